The summed E-state index contributed by atoms with van der Waals surface area (Å²) < 4.78 is 0. The summed E-state index contributed by atoms with van der Waals surface area (Å²) in [6.07, 6.45) is 4.50. The lowest BCUT2D eigenvalue weighted by Crippen LogP contribution is -2.50. The van der Waals surface area contributed by atoms with Crippen molar-refractivity contribution in [1.29, 1.82) is 0 Å². The van der Waals surface area contributed by atoms with Gasteiger partial charge in [0.2, 0.25) is 11.8 Å². The monoisotopic (exact) mass is 460 g/mol. The number of hydrogen-bond donors (Lipinski definition) is 1. The molecule has 0 aliphatic heterocycles. The number of carbonyl (C=O) groups excluding carboxylic acids is 2. The Bertz CT molecular complexity index is 955. The van der Waals surface area contributed by atoms with Crippen molar-refractivity contribution >= 4 is 35.0 Å². The molecule has 0 spiro atoms. The van der Waals surface area contributed by atoms with Gasteiger partial charge in [0.25, 0.3) is 0 Å². The van der Waals surface area contributed by atoms with E-state index in [1.807, 2.05) is 38.1 Å². The molecular formula is C25H30Cl2N2O2. The molecule has 31 heavy (non-hydrogen) atoms. The van der Waals surface area contributed by atoms with Crippen LogP contribution in [0.15, 0.2) is 36.4 Å². The fraction of sp³-hybridized carbons (Fsp3) is 0.440. The van der Waals surface area contributed by atoms with Gasteiger partial charge in [-0.25, -0.2) is 0 Å². The minimum atomic E-state index is -0.607. The molecule has 1 fully saturated rings. The van der Waals surface area contributed by atoms with Crippen LogP contribution in [-0.2, 0) is 22.6 Å². The Kier molecular flexibility index (Phi) is 8.01. The Labute approximate surface area is 194 Å². The van der Waals surface area contributed by atoms with Crippen molar-refractivity contribution in [2.24, 2.45) is 0 Å². The van der Waals surface area contributed by atoms with Crippen molar-refractivity contribution in [2.45, 2.75) is 71.5 Å². The second kappa shape index (κ2) is 10.5. The van der Waals surface area contributed by atoms with Crippen LogP contribution in [0.5, 0.6) is 0 Å². The third kappa shape index (κ3) is 6.24. The van der Waals surface area contributed by atoms with E-state index in [4.69, 9.17) is 23.2 Å². The topological polar surface area (TPSA) is 49.4 Å². The SMILES string of the molecule is Cc1ccc(C)c(CC(=O)N(Cc2ccc(Cl)cc2Cl)C(C)C(=O)NC2CCCC2)c1. The van der Waals surface area contributed by atoms with Crippen LogP contribution in [0, 0.1) is 13.8 Å². The first-order valence-electron chi connectivity index (χ1n) is 10.8. The number of nitrogens with zero attached hydrogens (tertiary/aromatic N) is 1. The molecule has 0 bridgehead atoms. The molecule has 2 aromatic rings. The molecule has 1 aliphatic carbocycles. The van der Waals surface area contributed by atoms with E-state index in [1.165, 1.54) is 0 Å². The van der Waals surface area contributed by atoms with Crippen molar-refractivity contribution in [3.63, 3.8) is 0 Å². The Morgan fingerprint density at radius 2 is 1.77 bits per heavy atom. The van der Waals surface area contributed by atoms with E-state index in [-0.39, 0.29) is 30.8 Å². The highest BCUT2D eigenvalue weighted by Gasteiger charge is 2.29. The van der Waals surface area contributed by atoms with Crippen LogP contribution in [0.25, 0.3) is 0 Å². The van der Waals surface area contributed by atoms with E-state index in [0.29, 0.717) is 10.0 Å². The number of aryl methyl sites for hydroxylation is 2. The van der Waals surface area contributed by atoms with E-state index in [0.717, 1.165) is 47.9 Å². The first-order valence-corrected chi connectivity index (χ1v) is 11.6. The minimum Gasteiger partial charge on any atom is -0.352 e. The number of hydrogen-bond acceptors (Lipinski definition) is 2. The van der Waals surface area contributed by atoms with Gasteiger partial charge in [0.1, 0.15) is 6.04 Å². The molecule has 3 rings (SSSR count). The van der Waals surface area contributed by atoms with Gasteiger partial charge in [-0.05, 0) is 62.4 Å². The second-order valence-electron chi connectivity index (χ2n) is 8.53. The van der Waals surface area contributed by atoms with Crippen LogP contribution in [0.1, 0.15) is 54.9 Å². The Hall–Kier alpha value is -2.04. The highest BCUT2D eigenvalue weighted by Crippen LogP contribution is 2.24. The fourth-order valence-corrected chi connectivity index (χ4v) is 4.53. The van der Waals surface area contributed by atoms with Gasteiger partial charge in [0.05, 0.1) is 6.42 Å². The minimum absolute atomic E-state index is 0.103. The predicted octanol–water partition coefficient (Wildman–Crippen LogP) is 5.63. The summed E-state index contributed by atoms with van der Waals surface area (Å²) in [4.78, 5) is 28.0. The van der Waals surface area contributed by atoms with Gasteiger partial charge in [-0.2, -0.15) is 0 Å². The molecule has 2 amide bonds. The number of benzene rings is 2. The normalized spacial score (nSPS) is 15.0. The highest BCUT2D eigenvalue weighted by atomic mass is 35.5. The van der Waals surface area contributed by atoms with Gasteiger partial charge >= 0.3 is 0 Å². The predicted molar refractivity (Wildman–Crippen MR) is 126 cm³/mol. The van der Waals surface area contributed by atoms with Crippen LogP contribution in [0.4, 0.5) is 0 Å². The van der Waals surface area contributed by atoms with E-state index in [9.17, 15) is 9.59 Å². The van der Waals surface area contributed by atoms with Crippen LogP contribution in [0.3, 0.4) is 0 Å². The van der Waals surface area contributed by atoms with Gasteiger partial charge < -0.3 is 10.2 Å². The molecule has 166 valence electrons. The lowest BCUT2D eigenvalue weighted by molar-refractivity contribution is -0.140. The number of amides is 2. The summed E-state index contributed by atoms with van der Waals surface area (Å²) in [7, 11) is 0. The van der Waals surface area contributed by atoms with Crippen LogP contribution in [-0.4, -0.2) is 28.8 Å². The first kappa shape index (κ1) is 23.6. The zero-order valence-electron chi connectivity index (χ0n) is 18.4. The molecule has 0 aromatic heterocycles. The number of nitrogens with one attached hydrogen (secondary N) is 1. The number of carbonyl (C=O) groups is 2. The molecular weight excluding hydrogens is 431 g/mol. The average molecular weight is 461 g/mol. The molecule has 1 atom stereocenters. The summed E-state index contributed by atoms with van der Waals surface area (Å²) in [6, 6.07) is 10.9. The lowest BCUT2D eigenvalue weighted by Gasteiger charge is -2.30. The number of rotatable bonds is 7. The van der Waals surface area contributed by atoms with E-state index in [1.54, 1.807) is 24.0 Å². The van der Waals surface area contributed by atoms with Crippen molar-refractivity contribution in [2.75, 3.05) is 0 Å². The van der Waals surface area contributed by atoms with Gasteiger partial charge in [-0.3, -0.25) is 9.59 Å². The maximum atomic E-state index is 13.4. The van der Waals surface area contributed by atoms with Crippen molar-refractivity contribution in [1.82, 2.24) is 10.2 Å². The second-order valence-corrected chi connectivity index (χ2v) is 9.37. The van der Waals surface area contributed by atoms with Crippen LogP contribution < -0.4 is 5.32 Å². The standard InChI is InChI=1S/C25H30Cl2N2O2/c1-16-8-9-17(2)20(12-16)13-24(30)29(15-19-10-11-21(26)14-23(19)27)18(3)25(31)28-22-6-4-5-7-22/h8-12,14,18,22H,4-7,13,15H2,1-3H3,(H,28,31). The molecule has 1 aliphatic rings. The van der Waals surface area contributed by atoms with Crippen LogP contribution in [0.2, 0.25) is 10.0 Å². The van der Waals surface area contributed by atoms with Gasteiger partial charge in [0.15, 0.2) is 0 Å². The summed E-state index contributed by atoms with van der Waals surface area (Å²) in [5.74, 6) is -0.222. The molecule has 0 radical (unpaired) electrons. The Morgan fingerprint density at radius 3 is 2.45 bits per heavy atom. The van der Waals surface area contributed by atoms with Crippen molar-refractivity contribution < 1.29 is 9.59 Å². The fourth-order valence-electron chi connectivity index (χ4n) is 4.06. The lowest BCUT2D eigenvalue weighted by atomic mass is 10.0. The average Bonchev–Trinajstić information content (AvgIpc) is 3.22. The quantitative estimate of drug-likeness (QED) is 0.581. The summed E-state index contributed by atoms with van der Waals surface area (Å²) in [6.45, 7) is 6.04. The summed E-state index contributed by atoms with van der Waals surface area (Å²) >= 11 is 12.4. The molecule has 1 N–H and O–H groups in total. The summed E-state index contributed by atoms with van der Waals surface area (Å²) in [5.41, 5.74) is 3.90. The van der Waals surface area contributed by atoms with Gasteiger partial charge in [-0.1, -0.05) is 65.9 Å². The molecule has 1 unspecified atom stereocenters. The van der Waals surface area contributed by atoms with Crippen molar-refractivity contribution in [3.05, 3.63) is 68.7 Å². The molecule has 0 heterocycles. The zero-order chi connectivity index (χ0) is 22.5. The first-order chi connectivity index (χ1) is 14.7. The summed E-state index contributed by atoms with van der Waals surface area (Å²) in [5, 5.41) is 4.14. The molecule has 1 saturated carbocycles. The highest BCUT2D eigenvalue weighted by molar-refractivity contribution is 6.35. The van der Waals surface area contributed by atoms with E-state index < -0.39 is 6.04 Å². The largest absolute Gasteiger partial charge is 0.352 e. The number of halogens is 2. The van der Waals surface area contributed by atoms with Gasteiger partial charge in [0, 0.05) is 22.6 Å². The molecule has 6 heteroatoms. The Balaban J connectivity index is 1.83. The van der Waals surface area contributed by atoms with Gasteiger partial charge in [-0.15, -0.1) is 0 Å². The zero-order valence-corrected chi connectivity index (χ0v) is 19.9. The van der Waals surface area contributed by atoms with E-state index >= 15 is 0 Å². The Morgan fingerprint density at radius 1 is 1.06 bits per heavy atom. The molecule has 0 saturated heterocycles. The maximum absolute atomic E-state index is 13.4. The smallest absolute Gasteiger partial charge is 0.242 e. The van der Waals surface area contributed by atoms with E-state index in [2.05, 4.69) is 5.32 Å². The molecule has 2 aromatic carbocycles. The third-order valence-corrected chi connectivity index (χ3v) is 6.66. The third-order valence-electron chi connectivity index (χ3n) is 6.07. The van der Waals surface area contributed by atoms with Crippen molar-refractivity contribution in [3.8, 4) is 0 Å². The maximum Gasteiger partial charge on any atom is 0.242 e. The molecule has 4 nitrogen and oxygen atoms in total. The van der Waals surface area contributed by atoms with Crippen LogP contribution >= 0.6 is 23.2 Å².